The van der Waals surface area contributed by atoms with Crippen LogP contribution in [0.5, 0.6) is 5.75 Å². The number of likely N-dealkylation sites (tertiary alicyclic amines) is 1. The first-order valence-electron chi connectivity index (χ1n) is 7.69. The Labute approximate surface area is 127 Å². The number of benzene rings is 1. The zero-order chi connectivity index (χ0) is 15.2. The molecule has 0 aromatic heterocycles. The van der Waals surface area contributed by atoms with Crippen molar-refractivity contribution in [2.45, 2.75) is 38.8 Å². The highest BCUT2D eigenvalue weighted by molar-refractivity contribution is 5.99. The minimum absolute atomic E-state index is 0.110. The molecule has 116 valence electrons. The monoisotopic (exact) mass is 291 g/mol. The van der Waals surface area contributed by atoms with Gasteiger partial charge in [0.15, 0.2) is 5.78 Å². The lowest BCUT2D eigenvalue weighted by atomic mass is 10.0. The summed E-state index contributed by atoms with van der Waals surface area (Å²) in [5.41, 5.74) is 0.738. The maximum Gasteiger partial charge on any atom is 0.179 e. The summed E-state index contributed by atoms with van der Waals surface area (Å²) in [4.78, 5) is 14.8. The van der Waals surface area contributed by atoms with Gasteiger partial charge in [-0.25, -0.2) is 0 Å². The summed E-state index contributed by atoms with van der Waals surface area (Å²) in [6.45, 7) is 6.55. The second-order valence-electron chi connectivity index (χ2n) is 5.48. The van der Waals surface area contributed by atoms with Crippen molar-refractivity contribution in [2.24, 2.45) is 0 Å². The lowest BCUT2D eigenvalue weighted by Gasteiger charge is -2.35. The molecule has 0 amide bonds. The Balaban J connectivity index is 2.00. The van der Waals surface area contributed by atoms with Crippen LogP contribution in [0, 0.1) is 0 Å². The minimum Gasteiger partial charge on any atom is -0.497 e. The Bertz CT molecular complexity index is 456. The first-order valence-corrected chi connectivity index (χ1v) is 7.69. The Morgan fingerprint density at radius 3 is 2.71 bits per heavy atom. The number of carbonyl (C=O) groups excluding carboxylic acids is 1. The quantitative estimate of drug-likeness (QED) is 0.756. The highest BCUT2D eigenvalue weighted by atomic mass is 16.5. The molecule has 1 fully saturated rings. The fraction of sp³-hybridized carbons (Fsp3) is 0.588. The van der Waals surface area contributed by atoms with Crippen LogP contribution in [-0.4, -0.2) is 49.6 Å². The lowest BCUT2D eigenvalue weighted by molar-refractivity contribution is -0.00290. The number of methoxy groups -OCH3 is 1. The first-order chi connectivity index (χ1) is 10.2. The van der Waals surface area contributed by atoms with Crippen molar-refractivity contribution in [3.8, 4) is 5.75 Å². The summed E-state index contributed by atoms with van der Waals surface area (Å²) in [6.07, 6.45) is 2.44. The number of nitrogens with zero attached hydrogens (tertiary/aromatic N) is 1. The smallest absolute Gasteiger partial charge is 0.179 e. The molecule has 0 radical (unpaired) electrons. The number of hydrogen-bond acceptors (Lipinski definition) is 4. The molecule has 4 heteroatoms. The van der Waals surface area contributed by atoms with E-state index in [1.54, 1.807) is 7.11 Å². The molecule has 1 heterocycles. The fourth-order valence-electron chi connectivity index (χ4n) is 2.85. The molecule has 2 atom stereocenters. The average Bonchev–Trinajstić information content (AvgIpc) is 2.54. The molecule has 1 aromatic rings. The van der Waals surface area contributed by atoms with Gasteiger partial charge in [-0.3, -0.25) is 9.69 Å². The Kier molecular flexibility index (Phi) is 5.76. The number of ketones is 1. The number of piperidine rings is 1. The van der Waals surface area contributed by atoms with E-state index in [4.69, 9.17) is 9.47 Å². The third kappa shape index (κ3) is 4.05. The summed E-state index contributed by atoms with van der Waals surface area (Å²) in [5.74, 6) is 0.934. The zero-order valence-corrected chi connectivity index (χ0v) is 13.2. The number of hydrogen-bond donors (Lipinski definition) is 0. The van der Waals surface area contributed by atoms with Crippen LogP contribution in [0.15, 0.2) is 24.3 Å². The Hall–Kier alpha value is -1.39. The van der Waals surface area contributed by atoms with Crippen molar-refractivity contribution in [2.75, 3.05) is 26.8 Å². The van der Waals surface area contributed by atoms with E-state index >= 15 is 0 Å². The molecule has 4 nitrogen and oxygen atoms in total. The van der Waals surface area contributed by atoms with Crippen LogP contribution in [0.1, 0.15) is 37.0 Å². The van der Waals surface area contributed by atoms with E-state index in [-0.39, 0.29) is 17.9 Å². The van der Waals surface area contributed by atoms with Crippen molar-refractivity contribution in [3.05, 3.63) is 29.8 Å². The molecule has 0 bridgehead atoms. The average molecular weight is 291 g/mol. The first kappa shape index (κ1) is 16.0. The van der Waals surface area contributed by atoms with Gasteiger partial charge in [0.2, 0.25) is 0 Å². The topological polar surface area (TPSA) is 38.8 Å². The van der Waals surface area contributed by atoms with Crippen LogP contribution in [0.25, 0.3) is 0 Å². The van der Waals surface area contributed by atoms with E-state index in [0.717, 1.165) is 43.9 Å². The van der Waals surface area contributed by atoms with Crippen molar-refractivity contribution >= 4 is 5.78 Å². The molecule has 2 unspecified atom stereocenters. The van der Waals surface area contributed by atoms with E-state index in [0.29, 0.717) is 0 Å². The van der Waals surface area contributed by atoms with Crippen LogP contribution in [0.4, 0.5) is 0 Å². The molecule has 0 saturated carbocycles. The molecule has 21 heavy (non-hydrogen) atoms. The SMILES string of the molecule is CCOC1CCCN(C(C)C(=O)c2ccc(OC)cc2)C1. The highest BCUT2D eigenvalue weighted by Crippen LogP contribution is 2.19. The van der Waals surface area contributed by atoms with Gasteiger partial charge < -0.3 is 9.47 Å². The Morgan fingerprint density at radius 1 is 1.38 bits per heavy atom. The van der Waals surface area contributed by atoms with Crippen molar-refractivity contribution in [3.63, 3.8) is 0 Å². The highest BCUT2D eigenvalue weighted by Gasteiger charge is 2.28. The van der Waals surface area contributed by atoms with Crippen molar-refractivity contribution in [1.82, 2.24) is 4.90 Å². The van der Waals surface area contributed by atoms with Gasteiger partial charge in [-0.15, -0.1) is 0 Å². The molecule has 0 spiro atoms. The van der Waals surface area contributed by atoms with Gasteiger partial charge in [0, 0.05) is 18.7 Å². The van der Waals surface area contributed by atoms with E-state index in [1.165, 1.54) is 0 Å². The molecule has 0 N–H and O–H groups in total. The molecule has 0 aliphatic carbocycles. The van der Waals surface area contributed by atoms with Crippen LogP contribution in [-0.2, 0) is 4.74 Å². The molecule has 1 aromatic carbocycles. The number of Topliss-reactive ketones (excluding diaryl/α,β-unsaturated/α-hetero) is 1. The minimum atomic E-state index is -0.110. The standard InChI is InChI=1S/C17H25NO3/c1-4-21-16-6-5-11-18(12-16)13(2)17(19)14-7-9-15(20-3)10-8-14/h7-10,13,16H,4-6,11-12H2,1-3H3. The van der Waals surface area contributed by atoms with Gasteiger partial charge in [-0.05, 0) is 57.5 Å². The van der Waals surface area contributed by atoms with Gasteiger partial charge in [0.1, 0.15) is 5.75 Å². The van der Waals surface area contributed by atoms with E-state index in [2.05, 4.69) is 4.90 Å². The second kappa shape index (κ2) is 7.57. The predicted molar refractivity (Wildman–Crippen MR) is 83.0 cm³/mol. The number of ether oxygens (including phenoxy) is 2. The Morgan fingerprint density at radius 2 is 2.10 bits per heavy atom. The zero-order valence-electron chi connectivity index (χ0n) is 13.2. The van der Waals surface area contributed by atoms with Gasteiger partial charge in [0.05, 0.1) is 19.3 Å². The van der Waals surface area contributed by atoms with Crippen molar-refractivity contribution < 1.29 is 14.3 Å². The van der Waals surface area contributed by atoms with E-state index in [1.807, 2.05) is 38.1 Å². The third-order valence-electron chi connectivity index (χ3n) is 4.11. The fourth-order valence-corrected chi connectivity index (χ4v) is 2.85. The number of carbonyl (C=O) groups is 1. The third-order valence-corrected chi connectivity index (χ3v) is 4.11. The normalized spacial score (nSPS) is 21.0. The predicted octanol–water partition coefficient (Wildman–Crippen LogP) is 2.77. The number of rotatable bonds is 6. The summed E-state index contributed by atoms with van der Waals surface area (Å²) in [6, 6.07) is 7.23. The van der Waals surface area contributed by atoms with E-state index in [9.17, 15) is 4.79 Å². The second-order valence-corrected chi connectivity index (χ2v) is 5.48. The lowest BCUT2D eigenvalue weighted by Crippen LogP contribution is -2.47. The summed E-state index contributed by atoms with van der Waals surface area (Å²) >= 11 is 0. The molecule has 1 saturated heterocycles. The van der Waals surface area contributed by atoms with E-state index < -0.39 is 0 Å². The maximum absolute atomic E-state index is 12.6. The molecular weight excluding hydrogens is 266 g/mol. The molecular formula is C17H25NO3. The van der Waals surface area contributed by atoms with Gasteiger partial charge in [-0.1, -0.05) is 0 Å². The summed E-state index contributed by atoms with van der Waals surface area (Å²) in [7, 11) is 1.63. The van der Waals surface area contributed by atoms with Crippen LogP contribution in [0.3, 0.4) is 0 Å². The maximum atomic E-state index is 12.6. The van der Waals surface area contributed by atoms with Crippen LogP contribution in [0.2, 0.25) is 0 Å². The molecule has 1 aliphatic heterocycles. The largest absolute Gasteiger partial charge is 0.497 e. The van der Waals surface area contributed by atoms with Crippen LogP contribution < -0.4 is 4.74 Å². The van der Waals surface area contributed by atoms with Crippen LogP contribution >= 0.6 is 0 Å². The summed E-state index contributed by atoms with van der Waals surface area (Å²) < 4.78 is 10.8. The van der Waals surface area contributed by atoms with Gasteiger partial charge in [-0.2, -0.15) is 0 Å². The molecule has 1 aliphatic rings. The van der Waals surface area contributed by atoms with Gasteiger partial charge >= 0.3 is 0 Å². The molecule has 2 rings (SSSR count). The summed E-state index contributed by atoms with van der Waals surface area (Å²) in [5, 5.41) is 0. The van der Waals surface area contributed by atoms with Crippen molar-refractivity contribution in [1.29, 1.82) is 0 Å². The van der Waals surface area contributed by atoms with Gasteiger partial charge in [0.25, 0.3) is 0 Å².